The van der Waals surface area contributed by atoms with Crippen LogP contribution in [0.15, 0.2) is 47.8 Å². The molecule has 2 aliphatic rings. The van der Waals surface area contributed by atoms with Gasteiger partial charge < -0.3 is 4.90 Å². The average molecular weight is 365 g/mol. The lowest BCUT2D eigenvalue weighted by Crippen LogP contribution is -2.41. The van der Waals surface area contributed by atoms with E-state index in [4.69, 9.17) is 4.99 Å². The highest BCUT2D eigenvalue weighted by atomic mass is 16.2. The molecule has 1 saturated heterocycles. The van der Waals surface area contributed by atoms with E-state index in [-0.39, 0.29) is 11.8 Å². The van der Waals surface area contributed by atoms with Crippen LogP contribution in [0.1, 0.15) is 49.7 Å². The molecule has 4 rings (SSSR count). The lowest BCUT2D eigenvalue weighted by atomic mass is 9.95. The topological polar surface area (TPSA) is 63.4 Å². The fraction of sp³-hybridized carbons (Fsp3) is 0.524. The molecule has 0 atom stereocenters. The van der Waals surface area contributed by atoms with E-state index in [1.54, 1.807) is 17.0 Å². The molecule has 1 aliphatic heterocycles. The van der Waals surface area contributed by atoms with Gasteiger partial charge in [0.15, 0.2) is 0 Å². The standard InChI is InChI=1S/C21H27N5O/c27-20(17-10-15-25(16-11-17)21-22-12-6-13-23-21)26-14-5-4-9-19(26)24-18-7-2-1-3-8-18/h4-6,9,12-14,17-18H,1-3,7-8,10-11,15-16H2. The molecular formula is C21H27N5O. The first-order valence-corrected chi connectivity index (χ1v) is 10.1. The van der Waals surface area contributed by atoms with Crippen molar-refractivity contribution in [2.24, 2.45) is 10.9 Å². The van der Waals surface area contributed by atoms with Crippen molar-refractivity contribution >= 4 is 11.9 Å². The quantitative estimate of drug-likeness (QED) is 0.839. The Kier molecular flexibility index (Phi) is 5.61. The summed E-state index contributed by atoms with van der Waals surface area (Å²) >= 11 is 0. The second kappa shape index (κ2) is 8.46. The summed E-state index contributed by atoms with van der Waals surface area (Å²) < 4.78 is 1.77. The van der Waals surface area contributed by atoms with Crippen LogP contribution >= 0.6 is 0 Å². The van der Waals surface area contributed by atoms with Gasteiger partial charge in [0.25, 0.3) is 0 Å². The minimum absolute atomic E-state index is 0.0256. The zero-order valence-corrected chi connectivity index (χ0v) is 15.7. The second-order valence-corrected chi connectivity index (χ2v) is 7.50. The number of aromatic nitrogens is 3. The average Bonchev–Trinajstić information content (AvgIpc) is 2.75. The molecule has 6 nitrogen and oxygen atoms in total. The highest BCUT2D eigenvalue weighted by molar-refractivity contribution is 5.81. The molecule has 0 unspecified atom stereocenters. The highest BCUT2D eigenvalue weighted by Crippen LogP contribution is 2.22. The first kappa shape index (κ1) is 17.9. The summed E-state index contributed by atoms with van der Waals surface area (Å²) in [6, 6.07) is 8.05. The number of carbonyl (C=O) groups excluding carboxylic acids is 1. The van der Waals surface area contributed by atoms with Crippen LogP contribution in [0.2, 0.25) is 0 Å². The van der Waals surface area contributed by atoms with Crippen molar-refractivity contribution in [2.75, 3.05) is 18.0 Å². The van der Waals surface area contributed by atoms with E-state index in [1.165, 1.54) is 19.3 Å². The molecule has 142 valence electrons. The van der Waals surface area contributed by atoms with Crippen molar-refractivity contribution in [3.63, 3.8) is 0 Å². The summed E-state index contributed by atoms with van der Waals surface area (Å²) in [6.07, 6.45) is 13.1. The monoisotopic (exact) mass is 365 g/mol. The summed E-state index contributed by atoms with van der Waals surface area (Å²) in [7, 11) is 0. The van der Waals surface area contributed by atoms with E-state index < -0.39 is 0 Å². The lowest BCUT2D eigenvalue weighted by molar-refractivity contribution is 0.0806. The first-order valence-electron chi connectivity index (χ1n) is 10.1. The van der Waals surface area contributed by atoms with Crippen molar-refractivity contribution in [3.8, 4) is 0 Å². The van der Waals surface area contributed by atoms with Gasteiger partial charge in [-0.2, -0.15) is 0 Å². The van der Waals surface area contributed by atoms with Crippen molar-refractivity contribution in [2.45, 2.75) is 51.0 Å². The van der Waals surface area contributed by atoms with E-state index in [0.717, 1.165) is 50.2 Å². The Labute approximate surface area is 160 Å². The van der Waals surface area contributed by atoms with Crippen LogP contribution in [0.5, 0.6) is 0 Å². The lowest BCUT2D eigenvalue weighted by Gasteiger charge is -2.31. The van der Waals surface area contributed by atoms with Crippen LogP contribution in [-0.2, 0) is 0 Å². The van der Waals surface area contributed by atoms with Gasteiger partial charge >= 0.3 is 0 Å². The number of hydrogen-bond acceptors (Lipinski definition) is 5. The van der Waals surface area contributed by atoms with Crippen LogP contribution in [0.4, 0.5) is 5.95 Å². The fourth-order valence-corrected chi connectivity index (χ4v) is 4.10. The third kappa shape index (κ3) is 4.26. The van der Waals surface area contributed by atoms with E-state index in [9.17, 15) is 4.79 Å². The van der Waals surface area contributed by atoms with Gasteiger partial charge in [0.05, 0.1) is 6.04 Å². The molecule has 0 bridgehead atoms. The maximum absolute atomic E-state index is 13.2. The predicted molar refractivity (Wildman–Crippen MR) is 104 cm³/mol. The third-order valence-electron chi connectivity index (χ3n) is 5.64. The predicted octanol–water partition coefficient (Wildman–Crippen LogP) is 3.07. The second-order valence-electron chi connectivity index (χ2n) is 7.50. The molecule has 2 aromatic heterocycles. The molecule has 27 heavy (non-hydrogen) atoms. The molecule has 0 spiro atoms. The number of carbonyl (C=O) groups is 1. The smallest absolute Gasteiger partial charge is 0.235 e. The highest BCUT2D eigenvalue weighted by Gasteiger charge is 2.27. The van der Waals surface area contributed by atoms with Crippen molar-refractivity contribution < 1.29 is 4.79 Å². The molecule has 1 saturated carbocycles. The molecule has 0 amide bonds. The SMILES string of the molecule is O=C(C1CCN(c2ncccn2)CC1)n1ccccc1=NC1CCCCC1. The Hall–Kier alpha value is -2.50. The molecule has 2 aromatic rings. The number of piperidine rings is 1. The Morgan fingerprint density at radius 3 is 2.44 bits per heavy atom. The summed E-state index contributed by atoms with van der Waals surface area (Å²) in [5.41, 5.74) is 0.809. The number of anilines is 1. The minimum Gasteiger partial charge on any atom is -0.341 e. The van der Waals surface area contributed by atoms with Gasteiger partial charge in [-0.3, -0.25) is 14.4 Å². The van der Waals surface area contributed by atoms with Crippen molar-refractivity contribution in [1.82, 2.24) is 14.5 Å². The summed E-state index contributed by atoms with van der Waals surface area (Å²) in [5, 5.41) is 0. The van der Waals surface area contributed by atoms with E-state index >= 15 is 0 Å². The molecule has 1 aliphatic carbocycles. The molecule has 6 heteroatoms. The number of hydrogen-bond donors (Lipinski definition) is 0. The van der Waals surface area contributed by atoms with Crippen LogP contribution < -0.4 is 10.4 Å². The Morgan fingerprint density at radius 2 is 1.70 bits per heavy atom. The van der Waals surface area contributed by atoms with Crippen molar-refractivity contribution in [3.05, 3.63) is 48.3 Å². The van der Waals surface area contributed by atoms with Gasteiger partial charge in [-0.05, 0) is 43.9 Å². The number of pyridine rings is 1. The Balaban J connectivity index is 1.47. The van der Waals surface area contributed by atoms with Crippen molar-refractivity contribution in [1.29, 1.82) is 0 Å². The normalized spacial score (nSPS) is 20.0. The van der Waals surface area contributed by atoms with Gasteiger partial charge in [0.2, 0.25) is 11.9 Å². The molecule has 0 radical (unpaired) electrons. The fourth-order valence-electron chi connectivity index (χ4n) is 4.10. The third-order valence-corrected chi connectivity index (χ3v) is 5.64. The van der Waals surface area contributed by atoms with Gasteiger partial charge in [-0.1, -0.05) is 25.3 Å². The summed E-state index contributed by atoms with van der Waals surface area (Å²) in [5.74, 6) is 0.945. The van der Waals surface area contributed by atoms with E-state index in [2.05, 4.69) is 14.9 Å². The van der Waals surface area contributed by atoms with E-state index in [1.807, 2.05) is 30.5 Å². The van der Waals surface area contributed by atoms with Gasteiger partial charge in [-0.15, -0.1) is 0 Å². The van der Waals surface area contributed by atoms with Crippen LogP contribution in [0, 0.1) is 5.92 Å². The first-order chi connectivity index (χ1) is 13.3. The molecule has 3 heterocycles. The van der Waals surface area contributed by atoms with Gasteiger partial charge in [0, 0.05) is 37.6 Å². The Morgan fingerprint density at radius 1 is 0.963 bits per heavy atom. The number of rotatable bonds is 3. The molecule has 0 N–H and O–H groups in total. The summed E-state index contributed by atoms with van der Waals surface area (Å²) in [4.78, 5) is 28.9. The van der Waals surface area contributed by atoms with Crippen LogP contribution in [0.25, 0.3) is 0 Å². The van der Waals surface area contributed by atoms with Gasteiger partial charge in [-0.25, -0.2) is 9.97 Å². The number of nitrogens with zero attached hydrogens (tertiary/aromatic N) is 5. The zero-order valence-electron chi connectivity index (χ0n) is 15.7. The van der Waals surface area contributed by atoms with E-state index in [0.29, 0.717) is 6.04 Å². The summed E-state index contributed by atoms with van der Waals surface area (Å²) in [6.45, 7) is 1.62. The van der Waals surface area contributed by atoms with Gasteiger partial charge in [0.1, 0.15) is 5.49 Å². The minimum atomic E-state index is 0.0256. The molecule has 2 fully saturated rings. The Bertz CT molecular complexity index is 818. The van der Waals surface area contributed by atoms with Crippen LogP contribution in [0.3, 0.4) is 0 Å². The maximum Gasteiger partial charge on any atom is 0.235 e. The maximum atomic E-state index is 13.2. The largest absolute Gasteiger partial charge is 0.341 e. The zero-order chi connectivity index (χ0) is 18.5. The molecular weight excluding hydrogens is 338 g/mol. The molecule has 0 aromatic carbocycles. The van der Waals surface area contributed by atoms with Crippen LogP contribution in [-0.4, -0.2) is 39.6 Å².